The van der Waals surface area contributed by atoms with Gasteiger partial charge in [0.15, 0.2) is 0 Å². The van der Waals surface area contributed by atoms with E-state index in [2.05, 4.69) is 19.2 Å². The lowest BCUT2D eigenvalue weighted by Crippen LogP contribution is -2.51. The van der Waals surface area contributed by atoms with Gasteiger partial charge in [0.1, 0.15) is 0 Å². The summed E-state index contributed by atoms with van der Waals surface area (Å²) in [7, 11) is 0. The van der Waals surface area contributed by atoms with Gasteiger partial charge in [0.25, 0.3) is 0 Å². The van der Waals surface area contributed by atoms with Crippen molar-refractivity contribution in [1.29, 1.82) is 0 Å². The molecule has 0 amide bonds. The summed E-state index contributed by atoms with van der Waals surface area (Å²) in [5.74, 6) is 0.779. The zero-order valence-corrected chi connectivity index (χ0v) is 9.51. The molecule has 0 radical (unpaired) electrons. The number of ether oxygens (including phenoxy) is 1. The molecule has 1 heterocycles. The summed E-state index contributed by atoms with van der Waals surface area (Å²) in [4.78, 5) is 0. The van der Waals surface area contributed by atoms with E-state index in [0.717, 1.165) is 25.2 Å². The van der Waals surface area contributed by atoms with Crippen molar-refractivity contribution in [3.8, 4) is 0 Å². The fraction of sp³-hybridized carbons (Fsp3) is 1.00. The van der Waals surface area contributed by atoms with Crippen molar-refractivity contribution in [3.05, 3.63) is 0 Å². The van der Waals surface area contributed by atoms with E-state index < -0.39 is 0 Å². The molecule has 1 saturated carbocycles. The highest BCUT2D eigenvalue weighted by molar-refractivity contribution is 4.98. The van der Waals surface area contributed by atoms with Gasteiger partial charge in [0, 0.05) is 19.3 Å². The first-order valence-electron chi connectivity index (χ1n) is 6.01. The van der Waals surface area contributed by atoms with E-state index in [1.54, 1.807) is 0 Å². The van der Waals surface area contributed by atoms with Crippen molar-refractivity contribution in [2.75, 3.05) is 19.8 Å². The van der Waals surface area contributed by atoms with Gasteiger partial charge in [-0.15, -0.1) is 0 Å². The molecular formula is C12H23NO. The van der Waals surface area contributed by atoms with Gasteiger partial charge in [0.05, 0.1) is 0 Å². The molecule has 0 aromatic heterocycles. The Bertz CT molecular complexity index is 177. The maximum atomic E-state index is 5.41. The molecule has 1 aliphatic carbocycles. The normalized spacial score (nSPS) is 26.8. The molecule has 82 valence electrons. The van der Waals surface area contributed by atoms with Gasteiger partial charge in [-0.3, -0.25) is 0 Å². The Morgan fingerprint density at radius 3 is 2.50 bits per heavy atom. The summed E-state index contributed by atoms with van der Waals surface area (Å²) >= 11 is 0. The van der Waals surface area contributed by atoms with Gasteiger partial charge >= 0.3 is 0 Å². The first kappa shape index (κ1) is 10.4. The third-order valence-corrected chi connectivity index (χ3v) is 3.73. The van der Waals surface area contributed by atoms with E-state index in [9.17, 15) is 0 Å². The summed E-state index contributed by atoms with van der Waals surface area (Å²) in [5, 5.41) is 3.65. The highest BCUT2D eigenvalue weighted by atomic mass is 16.5. The number of hydrogen-bond donors (Lipinski definition) is 1. The molecule has 2 rings (SSSR count). The van der Waals surface area contributed by atoms with E-state index >= 15 is 0 Å². The van der Waals surface area contributed by atoms with Crippen LogP contribution in [0, 0.1) is 11.3 Å². The fourth-order valence-electron chi connectivity index (χ4n) is 2.74. The first-order valence-corrected chi connectivity index (χ1v) is 6.01. The molecule has 1 saturated heterocycles. The van der Waals surface area contributed by atoms with E-state index in [0.29, 0.717) is 5.41 Å². The topological polar surface area (TPSA) is 21.3 Å². The van der Waals surface area contributed by atoms with Gasteiger partial charge in [-0.25, -0.2) is 0 Å². The molecule has 1 aliphatic heterocycles. The van der Waals surface area contributed by atoms with Crippen LogP contribution in [0.4, 0.5) is 0 Å². The van der Waals surface area contributed by atoms with Crippen molar-refractivity contribution in [1.82, 2.24) is 5.32 Å². The Morgan fingerprint density at radius 2 is 1.93 bits per heavy atom. The molecule has 2 nitrogen and oxygen atoms in total. The Morgan fingerprint density at radius 1 is 1.29 bits per heavy atom. The molecule has 1 spiro atoms. The summed E-state index contributed by atoms with van der Waals surface area (Å²) < 4.78 is 5.41. The Balaban J connectivity index is 1.67. The van der Waals surface area contributed by atoms with Crippen molar-refractivity contribution in [2.45, 2.75) is 45.6 Å². The molecular weight excluding hydrogens is 174 g/mol. The second-order valence-electron chi connectivity index (χ2n) is 5.52. The average molecular weight is 197 g/mol. The smallest absolute Gasteiger partial charge is 0.0471 e. The fourth-order valence-corrected chi connectivity index (χ4v) is 2.74. The largest absolute Gasteiger partial charge is 0.381 e. The van der Waals surface area contributed by atoms with Crippen LogP contribution < -0.4 is 5.32 Å². The van der Waals surface area contributed by atoms with Crippen LogP contribution in [0.3, 0.4) is 0 Å². The minimum Gasteiger partial charge on any atom is -0.381 e. The maximum Gasteiger partial charge on any atom is 0.0471 e. The minimum absolute atomic E-state index is 0.674. The average Bonchev–Trinajstić information content (AvgIpc) is 2.12. The number of rotatable bonds is 3. The van der Waals surface area contributed by atoms with Crippen LogP contribution in [-0.4, -0.2) is 25.8 Å². The molecule has 0 aromatic carbocycles. The van der Waals surface area contributed by atoms with Gasteiger partial charge in [-0.05, 0) is 43.6 Å². The van der Waals surface area contributed by atoms with Crippen molar-refractivity contribution in [3.63, 3.8) is 0 Å². The van der Waals surface area contributed by atoms with Gasteiger partial charge in [-0.2, -0.15) is 0 Å². The quantitative estimate of drug-likeness (QED) is 0.749. The lowest BCUT2D eigenvalue weighted by atomic mass is 9.61. The zero-order chi connectivity index (χ0) is 10.0. The van der Waals surface area contributed by atoms with E-state index in [4.69, 9.17) is 4.74 Å². The van der Waals surface area contributed by atoms with Crippen LogP contribution in [0.1, 0.15) is 39.5 Å². The Kier molecular flexibility index (Phi) is 3.13. The second-order valence-corrected chi connectivity index (χ2v) is 5.52. The monoisotopic (exact) mass is 197 g/mol. The molecule has 0 atom stereocenters. The van der Waals surface area contributed by atoms with E-state index in [-0.39, 0.29) is 0 Å². The Labute approximate surface area is 87.4 Å². The van der Waals surface area contributed by atoms with E-state index in [1.807, 2.05) is 0 Å². The predicted octanol–water partition coefficient (Wildman–Crippen LogP) is 2.19. The number of nitrogens with one attached hydrogen (secondary N) is 1. The summed E-state index contributed by atoms with van der Waals surface area (Å²) in [6, 6.07) is 0.801. The van der Waals surface area contributed by atoms with Crippen molar-refractivity contribution >= 4 is 0 Å². The van der Waals surface area contributed by atoms with Crippen molar-refractivity contribution < 1.29 is 4.74 Å². The highest BCUT2D eigenvalue weighted by Gasteiger charge is 2.44. The summed E-state index contributed by atoms with van der Waals surface area (Å²) in [6.45, 7) is 7.72. The van der Waals surface area contributed by atoms with Crippen molar-refractivity contribution in [2.24, 2.45) is 11.3 Å². The minimum atomic E-state index is 0.674. The highest BCUT2D eigenvalue weighted by Crippen LogP contribution is 2.48. The molecule has 2 heteroatoms. The summed E-state index contributed by atoms with van der Waals surface area (Å²) in [6.07, 6.45) is 5.38. The molecule has 1 N–H and O–H groups in total. The zero-order valence-electron chi connectivity index (χ0n) is 9.51. The molecule has 0 unspecified atom stereocenters. The first-order chi connectivity index (χ1) is 6.70. The SMILES string of the molecule is CC(C)CNC1CC2(CCOCC2)C1. The van der Waals surface area contributed by atoms with Gasteiger partial charge in [0.2, 0.25) is 0 Å². The third kappa shape index (κ3) is 2.29. The lowest BCUT2D eigenvalue weighted by molar-refractivity contribution is -0.0454. The van der Waals surface area contributed by atoms with Crippen LogP contribution in [0.25, 0.3) is 0 Å². The molecule has 0 aromatic rings. The van der Waals surface area contributed by atoms with E-state index in [1.165, 1.54) is 32.2 Å². The predicted molar refractivity (Wildman–Crippen MR) is 58.3 cm³/mol. The van der Waals surface area contributed by atoms with Crippen LogP contribution in [0.5, 0.6) is 0 Å². The third-order valence-electron chi connectivity index (χ3n) is 3.73. The molecule has 0 bridgehead atoms. The van der Waals surface area contributed by atoms with Crippen LogP contribution >= 0.6 is 0 Å². The lowest BCUT2D eigenvalue weighted by Gasteiger charge is -2.50. The van der Waals surface area contributed by atoms with Crippen LogP contribution in [-0.2, 0) is 4.74 Å². The number of hydrogen-bond acceptors (Lipinski definition) is 2. The van der Waals surface area contributed by atoms with Crippen LogP contribution in [0.15, 0.2) is 0 Å². The van der Waals surface area contributed by atoms with Gasteiger partial charge in [-0.1, -0.05) is 13.8 Å². The standard InChI is InChI=1S/C12H23NO/c1-10(2)9-13-11-7-12(8-11)3-5-14-6-4-12/h10-11,13H,3-9H2,1-2H3. The second kappa shape index (κ2) is 4.19. The van der Waals surface area contributed by atoms with Crippen LogP contribution in [0.2, 0.25) is 0 Å². The van der Waals surface area contributed by atoms with Gasteiger partial charge < -0.3 is 10.1 Å². The Hall–Kier alpha value is -0.0800. The molecule has 2 fully saturated rings. The summed E-state index contributed by atoms with van der Waals surface area (Å²) in [5.41, 5.74) is 0.674. The molecule has 14 heavy (non-hydrogen) atoms. The molecule has 2 aliphatic rings. The maximum absolute atomic E-state index is 5.41.